The number of nitrogens with zero attached hydrogens (tertiary/aromatic N) is 6. The fourth-order valence-corrected chi connectivity index (χ4v) is 18.1. The van der Waals surface area contributed by atoms with E-state index >= 15 is 38.4 Å². The quantitative estimate of drug-likeness (QED) is 0.0257. The highest BCUT2D eigenvalue weighted by molar-refractivity contribution is 6.03. The maximum absolute atomic E-state index is 16.0. The number of aliphatic hydroxyl groups excluding tert-OH is 1. The van der Waals surface area contributed by atoms with Gasteiger partial charge in [-0.1, -0.05) is 116 Å². The van der Waals surface area contributed by atoms with Crippen molar-refractivity contribution in [2.24, 2.45) is 34.8 Å². The Morgan fingerprint density at radius 2 is 1.06 bits per heavy atom. The summed E-state index contributed by atoms with van der Waals surface area (Å²) < 4.78 is 6.82. The van der Waals surface area contributed by atoms with Crippen molar-refractivity contribution in [3.63, 3.8) is 0 Å². The predicted octanol–water partition coefficient (Wildman–Crippen LogP) is -2.54. The van der Waals surface area contributed by atoms with Crippen LogP contribution in [-0.2, 0) is 112 Å². The topological polar surface area (TPSA) is 630 Å². The van der Waals surface area contributed by atoms with Crippen LogP contribution in [0.15, 0.2) is 85.2 Å². The summed E-state index contributed by atoms with van der Waals surface area (Å²) in [6.07, 6.45) is 1.91. The molecule has 748 valence electrons. The summed E-state index contributed by atoms with van der Waals surface area (Å²) in [5.41, 5.74) is 26.2. The number of benzene rings is 3. The van der Waals surface area contributed by atoms with Gasteiger partial charge in [0.2, 0.25) is 100 Å². The summed E-state index contributed by atoms with van der Waals surface area (Å²) in [6, 6.07) is -0.941. The number of likely N-dealkylation sites (N-methyl/N-ethyl adjacent to an activating group) is 2. The van der Waals surface area contributed by atoms with Gasteiger partial charge < -0.3 is 130 Å². The number of aromatic nitrogens is 2. The van der Waals surface area contributed by atoms with Gasteiger partial charge in [-0.15, -0.1) is 0 Å². The Bertz CT molecular complexity index is 5140. The first-order valence-corrected chi connectivity index (χ1v) is 47.1. The van der Waals surface area contributed by atoms with Crippen LogP contribution in [0.25, 0.3) is 21.8 Å². The Morgan fingerprint density at radius 1 is 0.526 bits per heavy atom. The lowest BCUT2D eigenvalue weighted by Gasteiger charge is -2.38. The molecule has 0 spiro atoms. The number of hydrogen-bond donors (Lipinski definition) is 18. The van der Waals surface area contributed by atoms with Gasteiger partial charge in [-0.05, 0) is 124 Å². The average molecular weight is 1910 g/mol. The summed E-state index contributed by atoms with van der Waals surface area (Å²) in [5, 5.41) is 52.4. The number of carboxylic acids is 1. The Labute approximate surface area is 795 Å². The normalized spacial score (nSPS) is 25.1. The molecule has 43 nitrogen and oxygen atoms in total. The fourth-order valence-electron chi connectivity index (χ4n) is 18.1. The number of nitrogens with one attached hydrogen (secondary N) is 12. The third kappa shape index (κ3) is 29.4. The zero-order valence-electron chi connectivity index (χ0n) is 79.3. The number of hydrogen-bond acceptors (Lipinski definition) is 23. The number of H-pyrrole nitrogens is 1. The number of fused-ring (bicyclic) bond motifs is 5. The number of carbonyl (C=O) groups excluding carboxylic acids is 17. The second kappa shape index (κ2) is 51.1. The standard InChI is InChI=1S/C94H136N22O21/c1-10-12-24-72-86(128)104-63(37-52(3)4)83(125)110-70(81(123)101-47-78(98)119)46-99-48-79(120)102-66(39-54-29-31-58(137-9)32-30-54)91(133)114-35-19-18-27-73(114)87(129)108-68(43-77(97)118)92(134)115-36-20-28-74(115)88(130)109-69(44-96)85(127)106-65(38-53(5)6)93(135)116-50-57(117)42-76(116)89(131)105-64(40-55-45-100-61-23-16-14-21-59(55)61)84(126)103-62(33-34-95)82(124)107-67(90(132)112(8)75(25-13-11-2)94(136)111(72)7)41-56-49-113(51-80(121)122)71-26-17-15-22-60(56)71/h14-17,21-23,26,29-32,45,49,52-53,57,62-70,72-76,99-100,117H,10-13,18-20,24-25,27-28,33-44,46-48,50-51,95-96H2,1-9H3,(H2,97,118)(H2,98,119)(H,101,123)(H,102,120)(H,103,126)(H,104,128)(H,105,131)(H,106,127)(H,107,124)(H,108,129)(H,109,130)(H,110,125)(H,121,122)/t57-,62+,63+,64+,65+,66+,67+,68+,69+,70+,72+,73+,74+,75+,76+/m1/s1. The number of ether oxygens (including phenoxy) is 1. The maximum Gasteiger partial charge on any atom is 0.323 e. The highest BCUT2D eigenvalue weighted by atomic mass is 16.5. The van der Waals surface area contributed by atoms with Crippen molar-refractivity contribution in [3.8, 4) is 5.75 Å². The number of carbonyl (C=O) groups is 18. The molecule has 4 fully saturated rings. The van der Waals surface area contributed by atoms with Crippen molar-refractivity contribution in [3.05, 3.63) is 102 Å². The average Bonchev–Trinajstić information content (AvgIpc) is 1.55. The number of aromatic amines is 1. The smallest absolute Gasteiger partial charge is 0.323 e. The zero-order valence-corrected chi connectivity index (χ0v) is 79.3. The number of aliphatic hydroxyl groups is 1. The molecular formula is C94H136N22O21. The van der Waals surface area contributed by atoms with Crippen molar-refractivity contribution in [2.45, 2.75) is 261 Å². The van der Waals surface area contributed by atoms with Crippen LogP contribution in [0.2, 0.25) is 0 Å². The molecule has 22 N–H and O–H groups in total. The number of amides is 17. The van der Waals surface area contributed by atoms with Crippen molar-refractivity contribution < 1.29 is 101 Å². The lowest BCUT2D eigenvalue weighted by atomic mass is 9.97. The number of unbranched alkanes of at least 4 members (excludes halogenated alkanes) is 2. The van der Waals surface area contributed by atoms with Gasteiger partial charge in [0.05, 0.1) is 32.7 Å². The van der Waals surface area contributed by atoms with Gasteiger partial charge >= 0.3 is 5.97 Å². The van der Waals surface area contributed by atoms with Crippen LogP contribution in [0.1, 0.15) is 161 Å². The van der Waals surface area contributed by atoms with Crippen molar-refractivity contribution in [2.75, 3.05) is 73.6 Å². The Morgan fingerprint density at radius 3 is 1.69 bits per heavy atom. The molecule has 3 aromatic carbocycles. The van der Waals surface area contributed by atoms with Gasteiger partial charge in [-0.2, -0.15) is 0 Å². The minimum Gasteiger partial charge on any atom is -0.497 e. The van der Waals surface area contributed by atoms with Crippen LogP contribution in [0, 0.1) is 11.8 Å². The maximum atomic E-state index is 16.0. The molecule has 0 saturated carbocycles. The van der Waals surface area contributed by atoms with Crippen LogP contribution < -0.4 is 86.2 Å². The van der Waals surface area contributed by atoms with E-state index in [0.717, 1.165) is 14.7 Å². The third-order valence-electron chi connectivity index (χ3n) is 25.2. The van der Waals surface area contributed by atoms with E-state index in [4.69, 9.17) is 27.7 Å². The van der Waals surface area contributed by atoms with Crippen molar-refractivity contribution in [1.29, 1.82) is 0 Å². The lowest BCUT2D eigenvalue weighted by molar-refractivity contribution is -0.149. The minimum atomic E-state index is -1.74. The Balaban J connectivity index is 1.11. The van der Waals surface area contributed by atoms with Gasteiger partial charge in [0.15, 0.2) is 0 Å². The zero-order chi connectivity index (χ0) is 100. The van der Waals surface area contributed by atoms with Gasteiger partial charge in [-0.3, -0.25) is 86.3 Å². The number of methoxy groups -OCH3 is 1. The number of para-hydroxylation sites is 2. The molecule has 0 radical (unpaired) electrons. The molecule has 9 rings (SSSR count). The summed E-state index contributed by atoms with van der Waals surface area (Å²) in [7, 11) is 4.16. The number of nitrogens with two attached hydrogens (primary N) is 4. The number of piperidine rings is 1. The number of primary amides is 2. The number of aliphatic carboxylic acids is 1. The van der Waals surface area contributed by atoms with Crippen LogP contribution >= 0.6 is 0 Å². The van der Waals surface area contributed by atoms with E-state index in [2.05, 4.69) is 63.5 Å². The minimum absolute atomic E-state index is 0.00134. The first-order chi connectivity index (χ1) is 65.3. The Kier molecular flexibility index (Phi) is 40.1. The predicted molar refractivity (Wildman–Crippen MR) is 502 cm³/mol. The molecular weight excluding hydrogens is 1770 g/mol. The van der Waals surface area contributed by atoms with Gasteiger partial charge in [0.1, 0.15) is 96.9 Å². The number of carboxylic acid groups (broad SMARTS) is 1. The molecule has 6 heterocycles. The van der Waals surface area contributed by atoms with Crippen molar-refractivity contribution in [1.82, 2.24) is 92.5 Å². The summed E-state index contributed by atoms with van der Waals surface area (Å²) in [5.74, 6) is -16.9. The van der Waals surface area contributed by atoms with E-state index in [0.29, 0.717) is 82.8 Å². The summed E-state index contributed by atoms with van der Waals surface area (Å²) in [6.45, 7) is 6.80. The fraction of sp³-hybridized carbons (Fsp3) is 0.574. The molecule has 0 aliphatic carbocycles. The Hall–Kier alpha value is -13.2. The second-order valence-electron chi connectivity index (χ2n) is 36.5. The van der Waals surface area contributed by atoms with Gasteiger partial charge in [0, 0.05) is 107 Å². The van der Waals surface area contributed by atoms with Crippen LogP contribution in [0.4, 0.5) is 0 Å². The third-order valence-corrected chi connectivity index (χ3v) is 25.2. The molecule has 43 heteroatoms. The first kappa shape index (κ1) is 108. The van der Waals surface area contributed by atoms with E-state index in [9.17, 15) is 58.2 Å². The highest BCUT2D eigenvalue weighted by Crippen LogP contribution is 2.30. The summed E-state index contributed by atoms with van der Waals surface area (Å²) in [4.78, 5) is 273. The van der Waals surface area contributed by atoms with E-state index in [-0.39, 0.29) is 109 Å². The van der Waals surface area contributed by atoms with Crippen LogP contribution in [-0.4, -0.2) is 315 Å². The molecule has 2 aromatic heterocycles. The molecule has 137 heavy (non-hydrogen) atoms. The number of rotatable bonds is 27. The highest BCUT2D eigenvalue weighted by Gasteiger charge is 2.47. The van der Waals surface area contributed by atoms with E-state index in [1.54, 1.807) is 107 Å². The monoisotopic (exact) mass is 1910 g/mol. The molecule has 4 aliphatic rings. The van der Waals surface area contributed by atoms with Gasteiger partial charge in [0.25, 0.3) is 0 Å². The molecule has 0 bridgehead atoms. The molecule has 15 atom stereocenters. The summed E-state index contributed by atoms with van der Waals surface area (Å²) >= 11 is 0. The molecule has 4 saturated heterocycles. The van der Waals surface area contributed by atoms with Crippen LogP contribution in [0.3, 0.4) is 0 Å². The largest absolute Gasteiger partial charge is 0.497 e. The molecule has 17 amide bonds. The van der Waals surface area contributed by atoms with E-state index in [1.165, 1.54) is 41.8 Å². The molecule has 0 unspecified atom stereocenters. The molecule has 4 aliphatic heterocycles. The van der Waals surface area contributed by atoms with Crippen molar-refractivity contribution >= 4 is 128 Å². The van der Waals surface area contributed by atoms with E-state index < -0.39 is 243 Å². The lowest BCUT2D eigenvalue weighted by Crippen LogP contribution is -2.62. The van der Waals surface area contributed by atoms with E-state index in [1.807, 2.05) is 13.8 Å². The van der Waals surface area contributed by atoms with Gasteiger partial charge in [-0.25, -0.2) is 0 Å². The van der Waals surface area contributed by atoms with Crippen LogP contribution in [0.5, 0.6) is 5.75 Å². The second-order valence-corrected chi connectivity index (χ2v) is 36.5. The SMILES string of the molecule is CCCC[C@H]1C(=O)N(C)[C@@H](CCCC)C(=O)N[C@@H](CC(C)C)C(=O)N[C@H](C(=O)NCC(N)=O)CNCC(=O)N[C@@H](Cc2ccc(OC)cc2)C(=O)N2CCCC[C@H]2C(=O)N[C@@H](CC(N)=O)C(=O)N2CCC[C@H]2C(=O)N[C@@H](CN)C(=O)N[C@@H](CC(C)C)C(=O)N2C[C@H](O)C[C@H]2C(=O)N[C@@H](Cc2c[nH]c3ccccc23)C(=O)N[C@@H](CCN)C(=O)N[C@@H](Cc2cn(CC(=O)O)c3ccccc23)C(=O)N1C. The molecule has 5 aromatic rings. The first-order valence-electron chi connectivity index (χ1n) is 47.1.